The fourth-order valence-electron chi connectivity index (χ4n) is 2.66. The predicted molar refractivity (Wildman–Crippen MR) is 102 cm³/mol. The Bertz CT molecular complexity index is 1000. The molecule has 0 saturated carbocycles. The van der Waals surface area contributed by atoms with Crippen molar-refractivity contribution in [2.24, 2.45) is 0 Å². The average Bonchev–Trinajstić information content (AvgIpc) is 3.08. The van der Waals surface area contributed by atoms with E-state index in [2.05, 4.69) is 0 Å². The number of amides is 1. The highest BCUT2D eigenvalue weighted by atomic mass is 35.5. The van der Waals surface area contributed by atoms with Crippen molar-refractivity contribution in [1.82, 2.24) is 9.21 Å². The zero-order valence-electron chi connectivity index (χ0n) is 13.7. The van der Waals surface area contributed by atoms with Crippen LogP contribution in [0, 0.1) is 10.1 Å². The van der Waals surface area contributed by atoms with Gasteiger partial charge in [0.25, 0.3) is 21.6 Å². The third kappa shape index (κ3) is 4.09. The van der Waals surface area contributed by atoms with Crippen molar-refractivity contribution in [3.63, 3.8) is 0 Å². The Morgan fingerprint density at radius 2 is 1.78 bits per heavy atom. The Hall–Kier alpha value is -1.72. The van der Waals surface area contributed by atoms with Crippen molar-refractivity contribution in [3.05, 3.63) is 55.4 Å². The molecule has 2 heterocycles. The minimum atomic E-state index is -3.67. The van der Waals surface area contributed by atoms with E-state index in [1.165, 1.54) is 33.5 Å². The number of hydrogen-bond donors (Lipinski definition) is 0. The van der Waals surface area contributed by atoms with Crippen molar-refractivity contribution >= 4 is 56.2 Å². The lowest BCUT2D eigenvalue weighted by atomic mass is 10.1. The standard InChI is InChI=1S/C15H13Cl2N3O5S2/c16-12-2-1-10(20(22)23)9-11(12)15(21)18-5-7-19(8-6-18)27(24,25)14-4-3-13(17)26-14/h1-4,9H,5-8H2. The Kier molecular flexibility index (Phi) is 5.73. The number of non-ortho nitro benzene ring substituents is 1. The molecule has 12 heteroatoms. The number of hydrogen-bond acceptors (Lipinski definition) is 6. The van der Waals surface area contributed by atoms with E-state index in [1.807, 2.05) is 0 Å². The zero-order valence-corrected chi connectivity index (χ0v) is 16.8. The first-order valence-corrected chi connectivity index (χ1v) is 10.7. The van der Waals surface area contributed by atoms with Gasteiger partial charge in [0.15, 0.2) is 0 Å². The quantitative estimate of drug-likeness (QED) is 0.526. The Morgan fingerprint density at radius 1 is 1.11 bits per heavy atom. The van der Waals surface area contributed by atoms with Crippen LogP contribution in [0.3, 0.4) is 0 Å². The Labute approximate surface area is 169 Å². The van der Waals surface area contributed by atoms with Gasteiger partial charge in [-0.15, -0.1) is 11.3 Å². The van der Waals surface area contributed by atoms with Gasteiger partial charge in [-0.25, -0.2) is 8.42 Å². The van der Waals surface area contributed by atoms with E-state index in [0.29, 0.717) is 4.34 Å². The lowest BCUT2D eigenvalue weighted by Crippen LogP contribution is -2.50. The number of piperazine rings is 1. The van der Waals surface area contributed by atoms with Gasteiger partial charge >= 0.3 is 0 Å². The number of nitro benzene ring substituents is 1. The second kappa shape index (κ2) is 7.72. The molecule has 1 aliphatic heterocycles. The van der Waals surface area contributed by atoms with Crippen LogP contribution in [0.1, 0.15) is 10.4 Å². The number of rotatable bonds is 4. The van der Waals surface area contributed by atoms with E-state index < -0.39 is 20.9 Å². The van der Waals surface area contributed by atoms with E-state index >= 15 is 0 Å². The molecule has 1 saturated heterocycles. The van der Waals surface area contributed by atoms with Crippen LogP contribution in [0.4, 0.5) is 5.69 Å². The largest absolute Gasteiger partial charge is 0.336 e. The monoisotopic (exact) mass is 449 g/mol. The highest BCUT2D eigenvalue weighted by molar-refractivity contribution is 7.91. The van der Waals surface area contributed by atoms with E-state index in [1.54, 1.807) is 0 Å². The van der Waals surface area contributed by atoms with Gasteiger partial charge in [-0.05, 0) is 18.2 Å². The van der Waals surface area contributed by atoms with E-state index in [9.17, 15) is 23.3 Å². The number of nitrogens with zero attached hydrogens (tertiary/aromatic N) is 3. The minimum Gasteiger partial charge on any atom is -0.336 e. The SMILES string of the molecule is O=C(c1cc([N+](=O)[O-])ccc1Cl)N1CCN(S(=O)(=O)c2ccc(Cl)s2)CC1. The molecule has 27 heavy (non-hydrogen) atoms. The van der Waals surface area contributed by atoms with Crippen LogP contribution in [0.25, 0.3) is 0 Å². The first-order chi connectivity index (χ1) is 12.7. The van der Waals surface area contributed by atoms with Gasteiger partial charge in [-0.3, -0.25) is 14.9 Å². The lowest BCUT2D eigenvalue weighted by molar-refractivity contribution is -0.384. The number of thiophene rings is 1. The fourth-order valence-corrected chi connectivity index (χ4v) is 5.91. The first kappa shape index (κ1) is 20.0. The normalized spacial score (nSPS) is 15.7. The fraction of sp³-hybridized carbons (Fsp3) is 0.267. The number of carbonyl (C=O) groups is 1. The third-order valence-electron chi connectivity index (χ3n) is 4.06. The van der Waals surface area contributed by atoms with Gasteiger partial charge in [-0.1, -0.05) is 23.2 Å². The molecular formula is C15H13Cl2N3O5S2. The molecule has 1 aromatic carbocycles. The Morgan fingerprint density at radius 3 is 2.33 bits per heavy atom. The highest BCUT2D eigenvalue weighted by Crippen LogP contribution is 2.29. The summed E-state index contributed by atoms with van der Waals surface area (Å²) in [5, 5.41) is 11.0. The Balaban J connectivity index is 1.73. The second-order valence-corrected chi connectivity index (χ2v) is 9.96. The highest BCUT2D eigenvalue weighted by Gasteiger charge is 2.32. The van der Waals surface area contributed by atoms with Gasteiger partial charge in [0.1, 0.15) is 4.21 Å². The molecule has 0 unspecified atom stereocenters. The van der Waals surface area contributed by atoms with Crippen LogP contribution in [0.2, 0.25) is 9.36 Å². The van der Waals surface area contributed by atoms with Crippen LogP contribution in [-0.4, -0.2) is 54.6 Å². The van der Waals surface area contributed by atoms with Crippen molar-refractivity contribution in [3.8, 4) is 0 Å². The molecule has 0 N–H and O–H groups in total. The molecule has 1 fully saturated rings. The molecule has 0 radical (unpaired) electrons. The van der Waals surface area contributed by atoms with E-state index in [4.69, 9.17) is 23.2 Å². The molecular weight excluding hydrogens is 437 g/mol. The number of nitro groups is 1. The van der Waals surface area contributed by atoms with Crippen LogP contribution >= 0.6 is 34.5 Å². The van der Waals surface area contributed by atoms with Crippen molar-refractivity contribution < 1.29 is 18.1 Å². The van der Waals surface area contributed by atoms with Crippen LogP contribution in [0.15, 0.2) is 34.5 Å². The molecule has 3 rings (SSSR count). The summed E-state index contributed by atoms with van der Waals surface area (Å²) in [5.41, 5.74) is -0.217. The smallest absolute Gasteiger partial charge is 0.270 e. The number of benzene rings is 1. The number of sulfonamides is 1. The van der Waals surface area contributed by atoms with Gasteiger partial charge in [-0.2, -0.15) is 4.31 Å². The third-order valence-corrected chi connectivity index (χ3v) is 7.99. The molecule has 1 amide bonds. The second-order valence-electron chi connectivity index (χ2n) is 5.68. The van der Waals surface area contributed by atoms with Gasteiger partial charge in [0.2, 0.25) is 0 Å². The van der Waals surface area contributed by atoms with Crippen LogP contribution < -0.4 is 0 Å². The van der Waals surface area contributed by atoms with Gasteiger partial charge in [0, 0.05) is 38.3 Å². The zero-order chi connectivity index (χ0) is 19.8. The summed E-state index contributed by atoms with van der Waals surface area (Å²) in [6.07, 6.45) is 0. The average molecular weight is 450 g/mol. The van der Waals surface area contributed by atoms with Crippen LogP contribution in [-0.2, 0) is 10.0 Å². The van der Waals surface area contributed by atoms with Crippen molar-refractivity contribution in [1.29, 1.82) is 0 Å². The predicted octanol–water partition coefficient (Wildman–Crippen LogP) is 3.11. The molecule has 1 aliphatic rings. The minimum absolute atomic E-state index is 0.0206. The number of halogens is 2. The van der Waals surface area contributed by atoms with E-state index in [0.717, 1.165) is 17.4 Å². The maximum Gasteiger partial charge on any atom is 0.270 e. The maximum atomic E-state index is 12.7. The van der Waals surface area contributed by atoms with Gasteiger partial charge in [0.05, 0.1) is 19.8 Å². The maximum absolute atomic E-state index is 12.7. The molecule has 8 nitrogen and oxygen atoms in total. The summed E-state index contributed by atoms with van der Waals surface area (Å²) in [7, 11) is -3.67. The van der Waals surface area contributed by atoms with Gasteiger partial charge < -0.3 is 4.90 Å². The van der Waals surface area contributed by atoms with Crippen molar-refractivity contribution in [2.75, 3.05) is 26.2 Å². The summed E-state index contributed by atoms with van der Waals surface area (Å²) >= 11 is 12.8. The summed E-state index contributed by atoms with van der Waals surface area (Å²) in [4.78, 5) is 24.4. The molecule has 0 bridgehead atoms. The van der Waals surface area contributed by atoms with Crippen molar-refractivity contribution in [2.45, 2.75) is 4.21 Å². The van der Waals surface area contributed by atoms with Crippen LogP contribution in [0.5, 0.6) is 0 Å². The molecule has 0 atom stereocenters. The lowest BCUT2D eigenvalue weighted by Gasteiger charge is -2.33. The molecule has 1 aromatic heterocycles. The summed E-state index contributed by atoms with van der Waals surface area (Å²) in [6, 6.07) is 6.61. The summed E-state index contributed by atoms with van der Waals surface area (Å²) in [5.74, 6) is -0.472. The first-order valence-electron chi connectivity index (χ1n) is 7.69. The van der Waals surface area contributed by atoms with E-state index in [-0.39, 0.29) is 46.7 Å². The topological polar surface area (TPSA) is 101 Å². The summed E-state index contributed by atoms with van der Waals surface area (Å²) < 4.78 is 27.0. The number of carbonyl (C=O) groups excluding carboxylic acids is 1. The molecule has 0 spiro atoms. The molecule has 144 valence electrons. The summed E-state index contributed by atoms with van der Waals surface area (Å²) in [6.45, 7) is 0.513. The molecule has 2 aromatic rings. The molecule has 0 aliphatic carbocycles.